The number of rotatable bonds is 3. The first-order chi connectivity index (χ1) is 9.76. The van der Waals surface area contributed by atoms with E-state index in [2.05, 4.69) is 23.5 Å². The average Bonchev–Trinajstić information content (AvgIpc) is 2.86. The van der Waals surface area contributed by atoms with Gasteiger partial charge in [0.25, 0.3) is 0 Å². The van der Waals surface area contributed by atoms with Crippen molar-refractivity contribution >= 4 is 22.9 Å². The number of nitriles is 1. The minimum Gasteiger partial charge on any atom is -0.306 e. The SMILES string of the molecule is N#Cc1cccc(CNC2CCCc3sc(Cl)cc32)c1. The second-order valence-corrected chi connectivity index (χ2v) is 6.83. The molecule has 0 saturated carbocycles. The first kappa shape index (κ1) is 13.6. The molecule has 0 bridgehead atoms. The Hall–Kier alpha value is -1.34. The molecule has 0 saturated heterocycles. The van der Waals surface area contributed by atoms with E-state index in [4.69, 9.17) is 16.9 Å². The van der Waals surface area contributed by atoms with Crippen molar-refractivity contribution in [2.75, 3.05) is 0 Å². The first-order valence-electron chi connectivity index (χ1n) is 6.77. The lowest BCUT2D eigenvalue weighted by molar-refractivity contribution is 0.463. The van der Waals surface area contributed by atoms with Crippen LogP contribution in [-0.2, 0) is 13.0 Å². The molecule has 102 valence electrons. The van der Waals surface area contributed by atoms with Gasteiger partial charge in [-0.3, -0.25) is 0 Å². The molecule has 20 heavy (non-hydrogen) atoms. The third-order valence-corrected chi connectivity index (χ3v) is 5.03. The Morgan fingerprint density at radius 2 is 2.30 bits per heavy atom. The highest BCUT2D eigenvalue weighted by Crippen LogP contribution is 2.37. The molecular weight excluding hydrogens is 288 g/mol. The zero-order chi connectivity index (χ0) is 13.9. The van der Waals surface area contributed by atoms with E-state index in [9.17, 15) is 0 Å². The minimum absolute atomic E-state index is 0.383. The largest absolute Gasteiger partial charge is 0.306 e. The molecule has 1 aromatic carbocycles. The summed E-state index contributed by atoms with van der Waals surface area (Å²) in [5.74, 6) is 0. The first-order valence-corrected chi connectivity index (χ1v) is 7.96. The third-order valence-electron chi connectivity index (χ3n) is 3.69. The van der Waals surface area contributed by atoms with Crippen LogP contribution >= 0.6 is 22.9 Å². The number of benzene rings is 1. The highest BCUT2D eigenvalue weighted by atomic mass is 35.5. The Labute approximate surface area is 128 Å². The van der Waals surface area contributed by atoms with Crippen LogP contribution in [0.15, 0.2) is 30.3 Å². The number of hydrogen-bond donors (Lipinski definition) is 1. The van der Waals surface area contributed by atoms with E-state index < -0.39 is 0 Å². The molecule has 0 amide bonds. The summed E-state index contributed by atoms with van der Waals surface area (Å²) >= 11 is 7.83. The number of halogens is 1. The molecule has 1 heterocycles. The van der Waals surface area contributed by atoms with Gasteiger partial charge in [-0.25, -0.2) is 0 Å². The lowest BCUT2D eigenvalue weighted by Gasteiger charge is -2.23. The Morgan fingerprint density at radius 1 is 1.40 bits per heavy atom. The monoisotopic (exact) mass is 302 g/mol. The standard InChI is InChI=1S/C16H15ClN2S/c17-16-8-13-14(5-2-6-15(13)20-16)19-10-12-4-1-3-11(7-12)9-18/h1,3-4,7-8,14,19H,2,5-6,10H2. The lowest BCUT2D eigenvalue weighted by atomic mass is 9.94. The molecular formula is C16H15ClN2S. The lowest BCUT2D eigenvalue weighted by Crippen LogP contribution is -2.23. The van der Waals surface area contributed by atoms with Gasteiger partial charge in [-0.05, 0) is 48.6 Å². The summed E-state index contributed by atoms with van der Waals surface area (Å²) in [4.78, 5) is 1.42. The fourth-order valence-corrected chi connectivity index (χ4v) is 4.11. The summed E-state index contributed by atoms with van der Waals surface area (Å²) in [5, 5.41) is 12.5. The van der Waals surface area contributed by atoms with E-state index in [1.807, 2.05) is 18.2 Å². The Kier molecular flexibility index (Phi) is 4.07. The molecule has 0 spiro atoms. The average molecular weight is 303 g/mol. The predicted octanol–water partition coefficient (Wildman–Crippen LogP) is 4.44. The van der Waals surface area contributed by atoms with Crippen molar-refractivity contribution < 1.29 is 0 Å². The molecule has 1 aromatic heterocycles. The van der Waals surface area contributed by atoms with Gasteiger partial charge in [0.15, 0.2) is 0 Å². The van der Waals surface area contributed by atoms with Crippen LogP contribution in [0.3, 0.4) is 0 Å². The molecule has 1 unspecified atom stereocenters. The van der Waals surface area contributed by atoms with Crippen molar-refractivity contribution in [3.63, 3.8) is 0 Å². The predicted molar refractivity (Wildman–Crippen MR) is 83.0 cm³/mol. The van der Waals surface area contributed by atoms with E-state index >= 15 is 0 Å². The topological polar surface area (TPSA) is 35.8 Å². The van der Waals surface area contributed by atoms with E-state index in [-0.39, 0.29) is 0 Å². The summed E-state index contributed by atoms with van der Waals surface area (Å²) in [6.07, 6.45) is 3.51. The number of nitrogens with zero attached hydrogens (tertiary/aromatic N) is 1. The van der Waals surface area contributed by atoms with Crippen molar-refractivity contribution in [3.8, 4) is 6.07 Å². The smallest absolute Gasteiger partial charge is 0.0991 e. The number of nitrogens with one attached hydrogen (secondary N) is 1. The number of thiophene rings is 1. The van der Waals surface area contributed by atoms with Gasteiger partial charge in [-0.1, -0.05) is 23.7 Å². The van der Waals surface area contributed by atoms with Crippen molar-refractivity contribution in [1.82, 2.24) is 5.32 Å². The van der Waals surface area contributed by atoms with E-state index in [0.717, 1.165) is 29.3 Å². The van der Waals surface area contributed by atoms with Crippen LogP contribution in [0.1, 0.15) is 40.5 Å². The van der Waals surface area contributed by atoms with Crippen LogP contribution in [0.4, 0.5) is 0 Å². The maximum Gasteiger partial charge on any atom is 0.0991 e. The Morgan fingerprint density at radius 3 is 3.15 bits per heavy atom. The molecule has 0 radical (unpaired) electrons. The van der Waals surface area contributed by atoms with Gasteiger partial charge < -0.3 is 5.32 Å². The summed E-state index contributed by atoms with van der Waals surface area (Å²) < 4.78 is 0.884. The fraction of sp³-hybridized carbons (Fsp3) is 0.312. The van der Waals surface area contributed by atoms with E-state index in [1.165, 1.54) is 16.9 Å². The van der Waals surface area contributed by atoms with Gasteiger partial charge in [0.1, 0.15) is 0 Å². The molecule has 4 heteroatoms. The maximum atomic E-state index is 8.93. The molecule has 1 aliphatic carbocycles. The maximum absolute atomic E-state index is 8.93. The van der Waals surface area contributed by atoms with Crippen molar-refractivity contribution in [1.29, 1.82) is 5.26 Å². The Balaban J connectivity index is 1.71. The third kappa shape index (κ3) is 2.88. The van der Waals surface area contributed by atoms with Crippen molar-refractivity contribution in [2.24, 2.45) is 0 Å². The molecule has 1 atom stereocenters. The molecule has 3 rings (SSSR count). The van der Waals surface area contributed by atoms with Crippen molar-refractivity contribution in [3.05, 3.63) is 56.2 Å². The molecule has 1 aliphatic rings. The van der Waals surface area contributed by atoms with Gasteiger partial charge in [-0.15, -0.1) is 11.3 Å². The Bertz CT molecular complexity index is 657. The van der Waals surface area contributed by atoms with Crippen LogP contribution in [-0.4, -0.2) is 0 Å². The second kappa shape index (κ2) is 5.97. The van der Waals surface area contributed by atoms with Crippen LogP contribution in [0, 0.1) is 11.3 Å². The van der Waals surface area contributed by atoms with Gasteiger partial charge in [0.05, 0.1) is 16.0 Å². The quantitative estimate of drug-likeness (QED) is 0.910. The van der Waals surface area contributed by atoms with Gasteiger partial charge in [-0.2, -0.15) is 5.26 Å². The summed E-state index contributed by atoms with van der Waals surface area (Å²) in [6, 6.07) is 12.4. The number of hydrogen-bond acceptors (Lipinski definition) is 3. The van der Waals surface area contributed by atoms with E-state index in [0.29, 0.717) is 11.6 Å². The normalized spacial score (nSPS) is 17.5. The number of fused-ring (bicyclic) bond motifs is 1. The highest BCUT2D eigenvalue weighted by Gasteiger charge is 2.22. The van der Waals surface area contributed by atoms with Crippen LogP contribution in [0.25, 0.3) is 0 Å². The summed E-state index contributed by atoms with van der Waals surface area (Å²) in [5.41, 5.74) is 3.23. The molecule has 2 nitrogen and oxygen atoms in total. The van der Waals surface area contributed by atoms with Gasteiger partial charge >= 0.3 is 0 Å². The molecule has 0 fully saturated rings. The molecule has 1 N–H and O–H groups in total. The van der Waals surface area contributed by atoms with Gasteiger partial charge in [0, 0.05) is 17.5 Å². The zero-order valence-electron chi connectivity index (χ0n) is 11.0. The second-order valence-electron chi connectivity index (χ2n) is 5.07. The van der Waals surface area contributed by atoms with E-state index in [1.54, 1.807) is 11.3 Å². The molecule has 2 aromatic rings. The highest BCUT2D eigenvalue weighted by molar-refractivity contribution is 7.16. The van der Waals surface area contributed by atoms with Gasteiger partial charge in [0.2, 0.25) is 0 Å². The minimum atomic E-state index is 0.383. The molecule has 0 aliphatic heterocycles. The zero-order valence-corrected chi connectivity index (χ0v) is 12.6. The van der Waals surface area contributed by atoms with Crippen LogP contribution in [0.2, 0.25) is 4.34 Å². The van der Waals surface area contributed by atoms with Crippen LogP contribution < -0.4 is 5.32 Å². The fourth-order valence-electron chi connectivity index (χ4n) is 2.73. The number of aryl methyl sites for hydroxylation is 1. The van der Waals surface area contributed by atoms with Crippen molar-refractivity contribution in [2.45, 2.75) is 31.8 Å². The summed E-state index contributed by atoms with van der Waals surface area (Å²) in [7, 11) is 0. The summed E-state index contributed by atoms with van der Waals surface area (Å²) in [6.45, 7) is 0.785. The van der Waals surface area contributed by atoms with Crippen LogP contribution in [0.5, 0.6) is 0 Å².